The van der Waals surface area contributed by atoms with Crippen molar-refractivity contribution in [2.45, 2.75) is 13.5 Å². The van der Waals surface area contributed by atoms with Crippen molar-refractivity contribution in [1.82, 2.24) is 9.38 Å². The van der Waals surface area contributed by atoms with E-state index in [-0.39, 0.29) is 5.69 Å². The third-order valence-electron chi connectivity index (χ3n) is 3.20. The lowest BCUT2D eigenvalue weighted by Crippen LogP contribution is -2.05. The highest BCUT2D eigenvalue weighted by molar-refractivity contribution is 5.47. The molecule has 0 aliphatic carbocycles. The molecule has 0 aliphatic rings. The smallest absolute Gasteiger partial charge is 0.146 e. The Kier molecular flexibility index (Phi) is 3.10. The SMILES string of the molecule is Cc1nc2ccccn2c1CNc1cc(F)ccc1F. The second-order valence-corrected chi connectivity index (χ2v) is 4.55. The van der Waals surface area contributed by atoms with Crippen LogP contribution in [-0.4, -0.2) is 9.38 Å². The molecule has 1 aromatic carbocycles. The molecule has 0 radical (unpaired) electrons. The third kappa shape index (κ3) is 2.22. The number of halogens is 2. The Morgan fingerprint density at radius 1 is 1.20 bits per heavy atom. The molecule has 0 bridgehead atoms. The van der Waals surface area contributed by atoms with Crippen LogP contribution in [0.1, 0.15) is 11.4 Å². The molecule has 0 amide bonds. The van der Waals surface area contributed by atoms with Gasteiger partial charge in [0.1, 0.15) is 17.3 Å². The van der Waals surface area contributed by atoms with Gasteiger partial charge in [0.15, 0.2) is 0 Å². The minimum atomic E-state index is -0.474. The molecule has 0 spiro atoms. The molecule has 1 N–H and O–H groups in total. The maximum atomic E-state index is 13.6. The Morgan fingerprint density at radius 3 is 2.90 bits per heavy atom. The topological polar surface area (TPSA) is 29.3 Å². The summed E-state index contributed by atoms with van der Waals surface area (Å²) in [6, 6.07) is 9.07. The molecule has 5 heteroatoms. The van der Waals surface area contributed by atoms with Gasteiger partial charge in [0, 0.05) is 6.20 Å². The molecule has 2 heterocycles. The van der Waals surface area contributed by atoms with E-state index in [2.05, 4.69) is 10.3 Å². The van der Waals surface area contributed by atoms with Crippen molar-refractivity contribution in [2.75, 3.05) is 5.32 Å². The number of nitrogens with zero attached hydrogens (tertiary/aromatic N) is 2. The van der Waals surface area contributed by atoms with Gasteiger partial charge in [-0.3, -0.25) is 0 Å². The monoisotopic (exact) mass is 273 g/mol. The van der Waals surface area contributed by atoms with Crippen LogP contribution in [-0.2, 0) is 6.54 Å². The van der Waals surface area contributed by atoms with Crippen LogP contribution in [0.15, 0.2) is 42.6 Å². The molecular formula is C15H13F2N3. The Hall–Kier alpha value is -2.43. The normalized spacial score (nSPS) is 10.9. The van der Waals surface area contributed by atoms with Gasteiger partial charge in [-0.1, -0.05) is 6.07 Å². The molecule has 0 saturated carbocycles. The summed E-state index contributed by atoms with van der Waals surface area (Å²) in [7, 11) is 0. The number of aryl methyl sites for hydroxylation is 1. The van der Waals surface area contributed by atoms with Crippen LogP contribution in [0.25, 0.3) is 5.65 Å². The molecule has 0 aliphatic heterocycles. The van der Waals surface area contributed by atoms with Gasteiger partial charge in [0.2, 0.25) is 0 Å². The number of anilines is 1. The van der Waals surface area contributed by atoms with Gasteiger partial charge in [-0.05, 0) is 37.3 Å². The van der Waals surface area contributed by atoms with Crippen LogP contribution in [0.2, 0.25) is 0 Å². The number of hydrogen-bond acceptors (Lipinski definition) is 2. The fourth-order valence-corrected chi connectivity index (χ4v) is 2.19. The first-order valence-electron chi connectivity index (χ1n) is 6.26. The molecule has 102 valence electrons. The highest BCUT2D eigenvalue weighted by Gasteiger charge is 2.09. The number of pyridine rings is 1. The number of fused-ring (bicyclic) bond motifs is 1. The summed E-state index contributed by atoms with van der Waals surface area (Å²) >= 11 is 0. The molecule has 2 aromatic heterocycles. The summed E-state index contributed by atoms with van der Waals surface area (Å²) in [5.41, 5.74) is 2.77. The van der Waals surface area contributed by atoms with Gasteiger partial charge in [-0.15, -0.1) is 0 Å². The van der Waals surface area contributed by atoms with E-state index in [1.165, 1.54) is 0 Å². The molecule has 0 saturated heterocycles. The van der Waals surface area contributed by atoms with Crippen molar-refractivity contribution in [3.8, 4) is 0 Å². The number of aromatic nitrogens is 2. The fraction of sp³-hybridized carbons (Fsp3) is 0.133. The van der Waals surface area contributed by atoms with E-state index in [1.54, 1.807) is 0 Å². The average molecular weight is 273 g/mol. The van der Waals surface area contributed by atoms with Crippen LogP contribution < -0.4 is 5.32 Å². The van der Waals surface area contributed by atoms with Crippen molar-refractivity contribution < 1.29 is 8.78 Å². The van der Waals surface area contributed by atoms with Crippen LogP contribution >= 0.6 is 0 Å². The number of benzene rings is 1. The van der Waals surface area contributed by atoms with E-state index < -0.39 is 11.6 Å². The minimum Gasteiger partial charge on any atom is -0.377 e. The summed E-state index contributed by atoms with van der Waals surface area (Å²) in [5.74, 6) is -0.943. The Balaban J connectivity index is 1.90. The second-order valence-electron chi connectivity index (χ2n) is 4.55. The lowest BCUT2D eigenvalue weighted by Gasteiger charge is -2.08. The Labute approximate surface area is 114 Å². The Morgan fingerprint density at radius 2 is 2.05 bits per heavy atom. The van der Waals surface area contributed by atoms with Crippen molar-refractivity contribution in [2.24, 2.45) is 0 Å². The summed E-state index contributed by atoms with van der Waals surface area (Å²) in [6.45, 7) is 2.27. The average Bonchev–Trinajstić information content (AvgIpc) is 2.75. The number of rotatable bonds is 3. The molecule has 0 unspecified atom stereocenters. The highest BCUT2D eigenvalue weighted by atomic mass is 19.1. The van der Waals surface area contributed by atoms with Crippen LogP contribution in [0, 0.1) is 18.6 Å². The zero-order chi connectivity index (χ0) is 14.1. The fourth-order valence-electron chi connectivity index (χ4n) is 2.19. The van der Waals surface area contributed by atoms with Crippen LogP contribution in [0.4, 0.5) is 14.5 Å². The Bertz CT molecular complexity index is 765. The van der Waals surface area contributed by atoms with E-state index in [1.807, 2.05) is 35.7 Å². The van der Waals surface area contributed by atoms with E-state index in [4.69, 9.17) is 0 Å². The van der Waals surface area contributed by atoms with E-state index in [0.29, 0.717) is 6.54 Å². The van der Waals surface area contributed by atoms with E-state index >= 15 is 0 Å². The molecule has 0 fully saturated rings. The first kappa shape index (κ1) is 12.6. The molecule has 3 aromatic rings. The standard InChI is InChI=1S/C15H13F2N3/c1-10-14(20-7-3-2-4-15(20)19-10)9-18-13-8-11(16)5-6-12(13)17/h2-8,18H,9H2,1H3. The first-order chi connectivity index (χ1) is 9.65. The van der Waals surface area contributed by atoms with Crippen LogP contribution in [0.5, 0.6) is 0 Å². The van der Waals surface area contributed by atoms with E-state index in [9.17, 15) is 8.78 Å². The van der Waals surface area contributed by atoms with Gasteiger partial charge in [0.05, 0.1) is 23.6 Å². The summed E-state index contributed by atoms with van der Waals surface area (Å²) in [4.78, 5) is 4.42. The minimum absolute atomic E-state index is 0.148. The third-order valence-corrected chi connectivity index (χ3v) is 3.20. The van der Waals surface area contributed by atoms with Gasteiger partial charge in [0.25, 0.3) is 0 Å². The van der Waals surface area contributed by atoms with Crippen molar-refractivity contribution in [1.29, 1.82) is 0 Å². The van der Waals surface area contributed by atoms with Crippen molar-refractivity contribution in [3.63, 3.8) is 0 Å². The predicted molar refractivity (Wildman–Crippen MR) is 73.6 cm³/mol. The maximum Gasteiger partial charge on any atom is 0.146 e. The van der Waals surface area contributed by atoms with Gasteiger partial charge < -0.3 is 9.72 Å². The summed E-state index contributed by atoms with van der Waals surface area (Å²) in [6.07, 6.45) is 1.90. The largest absolute Gasteiger partial charge is 0.377 e. The zero-order valence-electron chi connectivity index (χ0n) is 10.9. The number of nitrogens with one attached hydrogen (secondary N) is 1. The molecular weight excluding hydrogens is 260 g/mol. The maximum absolute atomic E-state index is 13.6. The van der Waals surface area contributed by atoms with Gasteiger partial charge >= 0.3 is 0 Å². The van der Waals surface area contributed by atoms with Gasteiger partial charge in [-0.25, -0.2) is 13.8 Å². The zero-order valence-corrected chi connectivity index (χ0v) is 10.9. The molecule has 3 rings (SSSR count). The van der Waals surface area contributed by atoms with Gasteiger partial charge in [-0.2, -0.15) is 0 Å². The summed E-state index contributed by atoms with van der Waals surface area (Å²) in [5, 5.41) is 2.91. The second kappa shape index (κ2) is 4.92. The van der Waals surface area contributed by atoms with Crippen molar-refractivity contribution >= 4 is 11.3 Å². The first-order valence-corrected chi connectivity index (χ1v) is 6.26. The highest BCUT2D eigenvalue weighted by Crippen LogP contribution is 2.18. The number of imidazole rings is 1. The lowest BCUT2D eigenvalue weighted by atomic mass is 10.2. The molecule has 20 heavy (non-hydrogen) atoms. The predicted octanol–water partition coefficient (Wildman–Crippen LogP) is 3.53. The van der Waals surface area contributed by atoms with E-state index in [0.717, 1.165) is 35.2 Å². The number of hydrogen-bond donors (Lipinski definition) is 1. The van der Waals surface area contributed by atoms with Crippen LogP contribution in [0.3, 0.4) is 0 Å². The summed E-state index contributed by atoms with van der Waals surface area (Å²) < 4.78 is 28.6. The van der Waals surface area contributed by atoms with Crippen molar-refractivity contribution in [3.05, 3.63) is 65.6 Å². The quantitative estimate of drug-likeness (QED) is 0.791. The molecule has 3 nitrogen and oxygen atoms in total. The molecule has 0 atom stereocenters. The lowest BCUT2D eigenvalue weighted by molar-refractivity contribution is 0.602.